The maximum atomic E-state index is 12.6. The van der Waals surface area contributed by atoms with Crippen molar-refractivity contribution in [3.63, 3.8) is 0 Å². The predicted molar refractivity (Wildman–Crippen MR) is 83.9 cm³/mol. The van der Waals surface area contributed by atoms with Gasteiger partial charge >= 0.3 is 0 Å². The molecule has 0 N–H and O–H groups in total. The Morgan fingerprint density at radius 3 is 3.09 bits per heavy atom. The van der Waals surface area contributed by atoms with Crippen molar-refractivity contribution in [1.29, 1.82) is 0 Å². The minimum Gasteiger partial charge on any atom is -0.381 e. The van der Waals surface area contributed by atoms with Crippen molar-refractivity contribution in [2.45, 2.75) is 25.7 Å². The summed E-state index contributed by atoms with van der Waals surface area (Å²) < 4.78 is 5.37. The van der Waals surface area contributed by atoms with E-state index in [1.165, 1.54) is 12.8 Å². The molecule has 3 aliphatic rings. The van der Waals surface area contributed by atoms with E-state index in [0.717, 1.165) is 50.8 Å². The number of likely N-dealkylation sites (tertiary alicyclic amines) is 1. The number of piperidine rings is 1. The number of hydrogen-bond donors (Lipinski definition) is 0. The molecule has 0 unspecified atom stereocenters. The molecule has 6 nitrogen and oxygen atoms in total. The Labute approximate surface area is 134 Å². The van der Waals surface area contributed by atoms with Crippen molar-refractivity contribution < 1.29 is 9.53 Å². The first-order valence-corrected chi connectivity index (χ1v) is 9.01. The minimum atomic E-state index is 0.0954. The molecule has 3 saturated heterocycles. The van der Waals surface area contributed by atoms with E-state index < -0.39 is 0 Å². The summed E-state index contributed by atoms with van der Waals surface area (Å²) in [5, 5.41) is 9.19. The zero-order valence-corrected chi connectivity index (χ0v) is 13.6. The van der Waals surface area contributed by atoms with Gasteiger partial charge < -0.3 is 14.5 Å². The van der Waals surface area contributed by atoms with Gasteiger partial charge in [0.25, 0.3) is 0 Å². The highest BCUT2D eigenvalue weighted by Crippen LogP contribution is 2.41. The lowest BCUT2D eigenvalue weighted by atomic mass is 9.79. The lowest BCUT2D eigenvalue weighted by Gasteiger charge is -2.40. The fraction of sp³-hybridized carbons (Fsp3) is 0.800. The molecule has 4 heterocycles. The first-order valence-electron chi connectivity index (χ1n) is 8.13. The molecule has 22 heavy (non-hydrogen) atoms. The molecule has 7 heteroatoms. The quantitative estimate of drug-likeness (QED) is 0.823. The molecule has 1 aromatic heterocycles. The van der Waals surface area contributed by atoms with Crippen molar-refractivity contribution in [3.8, 4) is 0 Å². The van der Waals surface area contributed by atoms with Gasteiger partial charge in [-0.3, -0.25) is 4.79 Å². The number of carbonyl (C=O) groups is 1. The Hall–Kier alpha value is -1.21. The van der Waals surface area contributed by atoms with Crippen LogP contribution in [0.15, 0.2) is 5.51 Å². The standard InChI is InChI=1S/C15H22N4O2S/c20-13(12-2-7-21-8-12)18-6-4-15(9-18)3-1-5-19(10-15)14-17-16-11-22-14/h11-12H,1-10H2/t12-,15-/m0/s1. The van der Waals surface area contributed by atoms with Crippen LogP contribution in [0.4, 0.5) is 5.13 Å². The summed E-state index contributed by atoms with van der Waals surface area (Å²) in [5.74, 6) is 0.403. The van der Waals surface area contributed by atoms with Gasteiger partial charge in [-0.25, -0.2) is 0 Å². The Bertz CT molecular complexity index is 532. The number of amides is 1. The largest absolute Gasteiger partial charge is 0.381 e. The summed E-state index contributed by atoms with van der Waals surface area (Å²) in [6.45, 7) is 5.21. The fourth-order valence-corrected chi connectivity index (χ4v) is 4.71. The third-order valence-electron chi connectivity index (χ3n) is 5.31. The first-order chi connectivity index (χ1) is 10.8. The molecule has 0 aromatic carbocycles. The van der Waals surface area contributed by atoms with Gasteiger partial charge in [0.1, 0.15) is 5.51 Å². The third-order valence-corrected chi connectivity index (χ3v) is 6.06. The van der Waals surface area contributed by atoms with Gasteiger partial charge in [-0.15, -0.1) is 10.2 Å². The van der Waals surface area contributed by atoms with Crippen LogP contribution in [0.3, 0.4) is 0 Å². The summed E-state index contributed by atoms with van der Waals surface area (Å²) >= 11 is 1.61. The second-order valence-corrected chi connectivity index (χ2v) is 7.63. The summed E-state index contributed by atoms with van der Waals surface area (Å²) in [7, 11) is 0. The van der Waals surface area contributed by atoms with Gasteiger partial charge in [0, 0.05) is 38.2 Å². The van der Waals surface area contributed by atoms with E-state index in [1.54, 1.807) is 16.8 Å². The van der Waals surface area contributed by atoms with Crippen molar-refractivity contribution in [1.82, 2.24) is 15.1 Å². The molecular weight excluding hydrogens is 300 g/mol. The van der Waals surface area contributed by atoms with Crippen LogP contribution in [0.2, 0.25) is 0 Å². The molecule has 1 aromatic rings. The Balaban J connectivity index is 1.43. The van der Waals surface area contributed by atoms with Crippen LogP contribution in [-0.2, 0) is 9.53 Å². The number of rotatable bonds is 2. The van der Waals surface area contributed by atoms with Crippen molar-refractivity contribution in [2.24, 2.45) is 11.3 Å². The van der Waals surface area contributed by atoms with Crippen LogP contribution in [0, 0.1) is 11.3 Å². The Kier molecular flexibility index (Phi) is 3.78. The highest BCUT2D eigenvalue weighted by atomic mass is 32.1. The lowest BCUT2D eigenvalue weighted by Crippen LogP contribution is -2.46. The molecule has 4 rings (SSSR count). The molecule has 0 saturated carbocycles. The summed E-state index contributed by atoms with van der Waals surface area (Å²) in [4.78, 5) is 17.0. The number of ether oxygens (including phenoxy) is 1. The molecule has 0 radical (unpaired) electrons. The highest BCUT2D eigenvalue weighted by Gasteiger charge is 2.44. The number of nitrogens with zero attached hydrogens (tertiary/aromatic N) is 4. The molecule has 1 spiro atoms. The average Bonchev–Trinajstić information content (AvgIpc) is 3.29. The zero-order chi connectivity index (χ0) is 15.0. The van der Waals surface area contributed by atoms with Crippen LogP contribution < -0.4 is 4.90 Å². The second-order valence-electron chi connectivity index (χ2n) is 6.82. The van der Waals surface area contributed by atoms with Crippen LogP contribution >= 0.6 is 11.3 Å². The number of carbonyl (C=O) groups excluding carboxylic acids is 1. The van der Waals surface area contributed by atoms with Gasteiger partial charge in [0.2, 0.25) is 11.0 Å². The highest BCUT2D eigenvalue weighted by molar-refractivity contribution is 7.13. The molecule has 3 fully saturated rings. The monoisotopic (exact) mass is 322 g/mol. The predicted octanol–water partition coefficient (Wildman–Crippen LogP) is 1.39. The van der Waals surface area contributed by atoms with Gasteiger partial charge in [0.15, 0.2) is 0 Å². The van der Waals surface area contributed by atoms with Gasteiger partial charge in [-0.1, -0.05) is 11.3 Å². The number of aromatic nitrogens is 2. The number of hydrogen-bond acceptors (Lipinski definition) is 6. The van der Waals surface area contributed by atoms with Crippen LogP contribution in [0.1, 0.15) is 25.7 Å². The summed E-state index contributed by atoms with van der Waals surface area (Å²) in [6.07, 6.45) is 4.39. The van der Waals surface area contributed by atoms with E-state index >= 15 is 0 Å². The molecule has 0 aliphatic carbocycles. The lowest BCUT2D eigenvalue weighted by molar-refractivity contribution is -0.134. The van der Waals surface area contributed by atoms with E-state index in [4.69, 9.17) is 4.74 Å². The molecule has 2 atom stereocenters. The molecule has 120 valence electrons. The van der Waals surface area contributed by atoms with E-state index in [9.17, 15) is 4.79 Å². The summed E-state index contributed by atoms with van der Waals surface area (Å²) in [6, 6.07) is 0. The SMILES string of the molecule is O=C([C@H]1CCOC1)N1CC[C@@]2(CCCN(c3nncs3)C2)C1. The first kappa shape index (κ1) is 14.4. The van der Waals surface area contributed by atoms with E-state index in [-0.39, 0.29) is 11.3 Å². The maximum Gasteiger partial charge on any atom is 0.228 e. The topological polar surface area (TPSA) is 58.6 Å². The van der Waals surface area contributed by atoms with Gasteiger partial charge in [-0.2, -0.15) is 0 Å². The minimum absolute atomic E-state index is 0.0954. The third kappa shape index (κ3) is 2.60. The fourth-order valence-electron chi connectivity index (χ4n) is 4.12. The zero-order valence-electron chi connectivity index (χ0n) is 12.7. The molecular formula is C15H22N4O2S. The van der Waals surface area contributed by atoms with Crippen LogP contribution in [0.25, 0.3) is 0 Å². The molecule has 3 aliphatic heterocycles. The van der Waals surface area contributed by atoms with E-state index in [0.29, 0.717) is 12.5 Å². The Morgan fingerprint density at radius 2 is 2.32 bits per heavy atom. The average molecular weight is 322 g/mol. The van der Waals surface area contributed by atoms with Crippen molar-refractivity contribution >= 4 is 22.4 Å². The van der Waals surface area contributed by atoms with Gasteiger partial charge in [-0.05, 0) is 25.7 Å². The van der Waals surface area contributed by atoms with Crippen LogP contribution in [-0.4, -0.2) is 60.4 Å². The van der Waals surface area contributed by atoms with E-state index in [1.807, 2.05) is 0 Å². The van der Waals surface area contributed by atoms with Crippen molar-refractivity contribution in [2.75, 3.05) is 44.3 Å². The van der Waals surface area contributed by atoms with Crippen LogP contribution in [0.5, 0.6) is 0 Å². The van der Waals surface area contributed by atoms with E-state index in [2.05, 4.69) is 20.0 Å². The molecule has 0 bridgehead atoms. The Morgan fingerprint density at radius 1 is 1.36 bits per heavy atom. The number of anilines is 1. The smallest absolute Gasteiger partial charge is 0.228 e. The van der Waals surface area contributed by atoms with Crippen molar-refractivity contribution in [3.05, 3.63) is 5.51 Å². The summed E-state index contributed by atoms with van der Waals surface area (Å²) in [5.41, 5.74) is 2.04. The van der Waals surface area contributed by atoms with Gasteiger partial charge in [0.05, 0.1) is 12.5 Å². The maximum absolute atomic E-state index is 12.6. The molecule has 1 amide bonds. The normalized spacial score (nSPS) is 32.1. The second kappa shape index (κ2) is 5.77.